The summed E-state index contributed by atoms with van der Waals surface area (Å²) in [6, 6.07) is 1.84. The van der Waals surface area contributed by atoms with Crippen LogP contribution in [0.5, 0.6) is 0 Å². The van der Waals surface area contributed by atoms with Gasteiger partial charge < -0.3 is 14.9 Å². The van der Waals surface area contributed by atoms with Gasteiger partial charge in [-0.05, 0) is 5.92 Å². The summed E-state index contributed by atoms with van der Waals surface area (Å²) in [5, 5.41) is 25.9. The van der Waals surface area contributed by atoms with Gasteiger partial charge in [0.15, 0.2) is 0 Å². The van der Waals surface area contributed by atoms with Crippen molar-refractivity contribution in [1.29, 1.82) is 5.26 Å². The lowest BCUT2D eigenvalue weighted by Gasteiger charge is -2.15. The molecule has 0 saturated carbocycles. The minimum Gasteiger partial charge on any atom is -0.481 e. The SMILES string of the molecule is N#CC1OCC(CC(=O)O)C1CC(=O)O. The van der Waals surface area contributed by atoms with E-state index < -0.39 is 24.0 Å². The number of carbonyl (C=O) groups is 2. The summed E-state index contributed by atoms with van der Waals surface area (Å²) in [5.41, 5.74) is 0. The van der Waals surface area contributed by atoms with Crippen LogP contribution in [0.3, 0.4) is 0 Å². The van der Waals surface area contributed by atoms with Crippen LogP contribution in [-0.2, 0) is 14.3 Å². The van der Waals surface area contributed by atoms with Gasteiger partial charge in [0.05, 0.1) is 25.5 Å². The first-order chi connectivity index (χ1) is 7.04. The molecular weight excluding hydrogens is 202 g/mol. The molecule has 0 aliphatic carbocycles. The molecule has 0 aromatic rings. The van der Waals surface area contributed by atoms with Crippen molar-refractivity contribution in [3.8, 4) is 6.07 Å². The Morgan fingerprint density at radius 1 is 1.33 bits per heavy atom. The molecule has 0 amide bonds. The van der Waals surface area contributed by atoms with Gasteiger partial charge in [0.2, 0.25) is 0 Å². The first-order valence-corrected chi connectivity index (χ1v) is 4.49. The van der Waals surface area contributed by atoms with Gasteiger partial charge >= 0.3 is 11.9 Å². The Hall–Kier alpha value is -1.61. The van der Waals surface area contributed by atoms with Gasteiger partial charge in [-0.2, -0.15) is 5.26 Å². The van der Waals surface area contributed by atoms with Crippen LogP contribution in [0.15, 0.2) is 0 Å². The van der Waals surface area contributed by atoms with E-state index >= 15 is 0 Å². The lowest BCUT2D eigenvalue weighted by molar-refractivity contribution is -0.141. The van der Waals surface area contributed by atoms with Crippen molar-refractivity contribution in [3.63, 3.8) is 0 Å². The predicted octanol–water partition coefficient (Wildman–Crippen LogP) is 0.0906. The molecule has 0 aromatic heterocycles. The summed E-state index contributed by atoms with van der Waals surface area (Å²) in [5.74, 6) is -2.95. The van der Waals surface area contributed by atoms with E-state index in [1.165, 1.54) is 0 Å². The maximum absolute atomic E-state index is 10.5. The average Bonchev–Trinajstić information content (AvgIpc) is 2.47. The Kier molecular flexibility index (Phi) is 3.63. The smallest absolute Gasteiger partial charge is 0.303 e. The fraction of sp³-hybridized carbons (Fsp3) is 0.667. The maximum atomic E-state index is 10.5. The minimum absolute atomic E-state index is 0.141. The molecule has 15 heavy (non-hydrogen) atoms. The second-order valence-electron chi connectivity index (χ2n) is 3.50. The molecule has 6 nitrogen and oxygen atoms in total. The number of carboxylic acid groups (broad SMARTS) is 2. The van der Waals surface area contributed by atoms with Crippen molar-refractivity contribution in [2.75, 3.05) is 6.61 Å². The lowest BCUT2D eigenvalue weighted by atomic mass is 9.86. The maximum Gasteiger partial charge on any atom is 0.303 e. The fourth-order valence-electron chi connectivity index (χ4n) is 1.76. The fourth-order valence-corrected chi connectivity index (χ4v) is 1.76. The van der Waals surface area contributed by atoms with Gasteiger partial charge in [0, 0.05) is 5.92 Å². The third kappa shape index (κ3) is 2.92. The summed E-state index contributed by atoms with van der Waals surface area (Å²) < 4.78 is 5.04. The molecule has 1 saturated heterocycles. The van der Waals surface area contributed by atoms with Crippen molar-refractivity contribution >= 4 is 11.9 Å². The molecule has 3 atom stereocenters. The number of aliphatic carboxylic acids is 2. The van der Waals surface area contributed by atoms with E-state index in [1.54, 1.807) is 0 Å². The Labute approximate surface area is 86.1 Å². The molecule has 0 radical (unpaired) electrons. The summed E-state index contributed by atoms with van der Waals surface area (Å²) >= 11 is 0. The van der Waals surface area contributed by atoms with E-state index in [0.29, 0.717) is 0 Å². The molecule has 82 valence electrons. The van der Waals surface area contributed by atoms with Gasteiger partial charge in [0.1, 0.15) is 6.10 Å². The highest BCUT2D eigenvalue weighted by Crippen LogP contribution is 2.32. The largest absolute Gasteiger partial charge is 0.481 e. The highest BCUT2D eigenvalue weighted by Gasteiger charge is 2.39. The quantitative estimate of drug-likeness (QED) is 0.685. The van der Waals surface area contributed by atoms with Crippen molar-refractivity contribution in [2.24, 2.45) is 11.8 Å². The molecule has 1 fully saturated rings. The van der Waals surface area contributed by atoms with Crippen molar-refractivity contribution in [2.45, 2.75) is 18.9 Å². The Bertz CT molecular complexity index is 308. The minimum atomic E-state index is -1.04. The van der Waals surface area contributed by atoms with Crippen molar-refractivity contribution < 1.29 is 24.5 Å². The highest BCUT2D eigenvalue weighted by molar-refractivity contribution is 5.69. The van der Waals surface area contributed by atoms with Gasteiger partial charge in [-0.15, -0.1) is 0 Å². The number of carboxylic acids is 2. The molecule has 0 spiro atoms. The van der Waals surface area contributed by atoms with E-state index in [2.05, 4.69) is 0 Å². The van der Waals surface area contributed by atoms with Crippen LogP contribution in [0.25, 0.3) is 0 Å². The summed E-state index contributed by atoms with van der Waals surface area (Å²) in [7, 11) is 0. The third-order valence-electron chi connectivity index (χ3n) is 2.46. The molecule has 3 unspecified atom stereocenters. The molecule has 1 heterocycles. The first kappa shape index (κ1) is 11.5. The normalized spacial score (nSPS) is 29.7. The van der Waals surface area contributed by atoms with E-state index in [-0.39, 0.29) is 25.4 Å². The number of rotatable bonds is 4. The van der Waals surface area contributed by atoms with Crippen molar-refractivity contribution in [3.05, 3.63) is 0 Å². The number of hydrogen-bond acceptors (Lipinski definition) is 4. The van der Waals surface area contributed by atoms with Crippen LogP contribution in [0, 0.1) is 23.2 Å². The monoisotopic (exact) mass is 213 g/mol. The molecule has 6 heteroatoms. The van der Waals surface area contributed by atoms with E-state index in [1.807, 2.05) is 6.07 Å². The zero-order valence-corrected chi connectivity index (χ0v) is 7.92. The topological polar surface area (TPSA) is 108 Å². The van der Waals surface area contributed by atoms with E-state index in [0.717, 1.165) is 0 Å². The van der Waals surface area contributed by atoms with Gasteiger partial charge in [-0.1, -0.05) is 0 Å². The second kappa shape index (κ2) is 4.75. The number of ether oxygens (including phenoxy) is 1. The summed E-state index contributed by atoms with van der Waals surface area (Å²) in [6.45, 7) is 0.141. The van der Waals surface area contributed by atoms with Crippen LogP contribution >= 0.6 is 0 Å². The molecule has 1 aliphatic heterocycles. The van der Waals surface area contributed by atoms with E-state index in [9.17, 15) is 9.59 Å². The second-order valence-corrected chi connectivity index (χ2v) is 3.50. The van der Waals surface area contributed by atoms with E-state index in [4.69, 9.17) is 20.2 Å². The molecule has 0 bridgehead atoms. The molecule has 2 N–H and O–H groups in total. The van der Waals surface area contributed by atoms with Crippen LogP contribution in [0.4, 0.5) is 0 Å². The Morgan fingerprint density at radius 2 is 1.93 bits per heavy atom. The number of nitriles is 1. The van der Waals surface area contributed by atoms with Crippen molar-refractivity contribution in [1.82, 2.24) is 0 Å². The molecular formula is C9H11NO5. The standard InChI is InChI=1S/C9H11NO5/c10-3-7-6(2-9(13)14)5(4-15-7)1-8(11)12/h5-7H,1-2,4H2,(H,11,12)(H,13,14). The van der Waals surface area contributed by atoms with Crippen LogP contribution < -0.4 is 0 Å². The Balaban J connectivity index is 2.67. The number of nitrogens with zero attached hydrogens (tertiary/aromatic N) is 1. The van der Waals surface area contributed by atoms with Crippen LogP contribution in [0.1, 0.15) is 12.8 Å². The lowest BCUT2D eigenvalue weighted by Crippen LogP contribution is -2.24. The van der Waals surface area contributed by atoms with Gasteiger partial charge in [-0.3, -0.25) is 9.59 Å². The Morgan fingerprint density at radius 3 is 2.40 bits per heavy atom. The average molecular weight is 213 g/mol. The zero-order valence-electron chi connectivity index (χ0n) is 7.92. The van der Waals surface area contributed by atoms with Gasteiger partial charge in [-0.25, -0.2) is 0 Å². The third-order valence-corrected chi connectivity index (χ3v) is 2.46. The molecule has 1 rings (SSSR count). The summed E-state index contributed by atoms with van der Waals surface area (Å²) in [6.07, 6.45) is -1.18. The molecule has 1 aliphatic rings. The number of hydrogen-bond donors (Lipinski definition) is 2. The van der Waals surface area contributed by atoms with Crippen LogP contribution in [0.2, 0.25) is 0 Å². The zero-order chi connectivity index (χ0) is 11.4. The highest BCUT2D eigenvalue weighted by atomic mass is 16.5. The molecule has 0 aromatic carbocycles. The predicted molar refractivity (Wildman–Crippen MR) is 46.8 cm³/mol. The summed E-state index contributed by atoms with van der Waals surface area (Å²) in [4.78, 5) is 21.0. The van der Waals surface area contributed by atoms with Crippen LogP contribution in [-0.4, -0.2) is 34.9 Å². The van der Waals surface area contributed by atoms with Gasteiger partial charge in [0.25, 0.3) is 0 Å². The first-order valence-electron chi connectivity index (χ1n) is 4.49.